The number of esters is 1. The molecule has 0 spiro atoms. The van der Waals surface area contributed by atoms with Crippen molar-refractivity contribution in [3.05, 3.63) is 97.9 Å². The lowest BCUT2D eigenvalue weighted by molar-refractivity contribution is 0.0600. The van der Waals surface area contributed by atoms with Crippen molar-refractivity contribution in [3.8, 4) is 5.75 Å². The molecule has 0 aliphatic rings. The molecule has 3 aromatic rings. The third-order valence-electron chi connectivity index (χ3n) is 4.20. The number of carbonyl (C=O) groups excluding carboxylic acids is 1. The zero-order valence-electron chi connectivity index (χ0n) is 15.3. The van der Waals surface area contributed by atoms with E-state index in [0.29, 0.717) is 5.56 Å². The summed E-state index contributed by atoms with van der Waals surface area (Å²) in [7, 11) is 1.31. The van der Waals surface area contributed by atoms with E-state index in [0.717, 1.165) is 17.7 Å². The van der Waals surface area contributed by atoms with Gasteiger partial charge in [-0.15, -0.1) is 0 Å². The molecule has 0 aliphatic carbocycles. The predicted octanol–water partition coefficient (Wildman–Crippen LogP) is 4.30. The Hall–Kier alpha value is -3.00. The molecule has 29 heavy (non-hydrogen) atoms. The second kappa shape index (κ2) is 9.00. The van der Waals surface area contributed by atoms with Gasteiger partial charge in [-0.25, -0.2) is 13.6 Å². The maximum atomic E-state index is 13.7. The van der Waals surface area contributed by atoms with Crippen molar-refractivity contribution in [2.75, 3.05) is 7.11 Å². The van der Waals surface area contributed by atoms with Gasteiger partial charge in [0, 0.05) is 17.8 Å². The number of benzene rings is 2. The Labute approximate surface area is 173 Å². The van der Waals surface area contributed by atoms with Gasteiger partial charge in [0.05, 0.1) is 19.2 Å². The molecule has 3 rings (SSSR count). The van der Waals surface area contributed by atoms with Gasteiger partial charge in [-0.05, 0) is 51.8 Å². The van der Waals surface area contributed by atoms with Gasteiger partial charge in [-0.1, -0.05) is 12.1 Å². The van der Waals surface area contributed by atoms with Crippen LogP contribution in [-0.2, 0) is 17.9 Å². The molecule has 0 radical (unpaired) electrons. The average Bonchev–Trinajstić information content (AvgIpc) is 2.72. The third-order valence-corrected chi connectivity index (χ3v) is 4.93. The number of aromatic nitrogens is 1. The minimum absolute atomic E-state index is 0.150. The Balaban J connectivity index is 1.73. The normalized spacial score (nSPS) is 10.6. The highest BCUT2D eigenvalue weighted by atomic mass is 79.9. The number of hydrogen-bond donors (Lipinski definition) is 0. The first kappa shape index (κ1) is 20.7. The Bertz CT molecular complexity index is 1100. The molecular formula is C21H16BrF2NO4. The standard InChI is InChI=1S/C21H16BrF2NO4/c1-28-21(27)14-4-2-13(3-5-14)11-25-9-8-18(19(22)20(25)26)29-12-15-6-7-16(23)10-17(15)24/h2-10H,11-12H2,1H3. The van der Waals surface area contributed by atoms with Gasteiger partial charge in [0.1, 0.15) is 28.5 Å². The largest absolute Gasteiger partial charge is 0.487 e. The van der Waals surface area contributed by atoms with Crippen molar-refractivity contribution in [2.45, 2.75) is 13.2 Å². The molecule has 0 saturated carbocycles. The maximum absolute atomic E-state index is 13.7. The van der Waals surface area contributed by atoms with E-state index in [9.17, 15) is 18.4 Å². The number of methoxy groups -OCH3 is 1. The van der Waals surface area contributed by atoms with Crippen molar-refractivity contribution >= 4 is 21.9 Å². The van der Waals surface area contributed by atoms with E-state index in [1.807, 2.05) is 0 Å². The Morgan fingerprint density at radius 2 is 1.83 bits per heavy atom. The summed E-state index contributed by atoms with van der Waals surface area (Å²) in [5.74, 6) is -1.58. The molecule has 150 valence electrons. The Morgan fingerprint density at radius 3 is 2.48 bits per heavy atom. The lowest BCUT2D eigenvalue weighted by Crippen LogP contribution is -2.21. The molecule has 0 fully saturated rings. The molecule has 2 aromatic carbocycles. The Kier molecular flexibility index (Phi) is 6.43. The van der Waals surface area contributed by atoms with Gasteiger partial charge in [-0.3, -0.25) is 4.79 Å². The van der Waals surface area contributed by atoms with Crippen molar-refractivity contribution in [3.63, 3.8) is 0 Å². The quantitative estimate of drug-likeness (QED) is 0.511. The van der Waals surface area contributed by atoms with E-state index in [1.165, 1.54) is 17.7 Å². The molecule has 0 saturated heterocycles. The topological polar surface area (TPSA) is 57.5 Å². The van der Waals surface area contributed by atoms with Crippen LogP contribution in [0.3, 0.4) is 0 Å². The number of carbonyl (C=O) groups is 1. The minimum atomic E-state index is -0.718. The van der Waals surface area contributed by atoms with E-state index in [1.54, 1.807) is 36.5 Å². The van der Waals surface area contributed by atoms with Crippen LogP contribution in [0.25, 0.3) is 0 Å². The molecule has 0 bridgehead atoms. The third kappa shape index (κ3) is 4.89. The predicted molar refractivity (Wildman–Crippen MR) is 106 cm³/mol. The average molecular weight is 464 g/mol. The lowest BCUT2D eigenvalue weighted by atomic mass is 10.1. The summed E-state index contributed by atoms with van der Waals surface area (Å²) < 4.78 is 38.5. The van der Waals surface area contributed by atoms with Gasteiger partial charge >= 0.3 is 5.97 Å². The van der Waals surface area contributed by atoms with Crippen molar-refractivity contribution < 1.29 is 23.0 Å². The molecule has 0 amide bonds. The summed E-state index contributed by atoms with van der Waals surface area (Å²) in [5.41, 5.74) is 1.07. The first-order chi connectivity index (χ1) is 13.9. The molecule has 0 N–H and O–H groups in total. The SMILES string of the molecule is COC(=O)c1ccc(Cn2ccc(OCc3ccc(F)cc3F)c(Br)c2=O)cc1. The first-order valence-electron chi connectivity index (χ1n) is 8.52. The zero-order chi connectivity index (χ0) is 21.0. The number of nitrogens with zero attached hydrogens (tertiary/aromatic N) is 1. The zero-order valence-corrected chi connectivity index (χ0v) is 16.9. The van der Waals surface area contributed by atoms with E-state index in [4.69, 9.17) is 4.74 Å². The van der Waals surface area contributed by atoms with Crippen LogP contribution in [0, 0.1) is 11.6 Å². The van der Waals surface area contributed by atoms with Crippen LogP contribution in [0.4, 0.5) is 8.78 Å². The van der Waals surface area contributed by atoms with Gasteiger partial charge in [0.15, 0.2) is 0 Å². The van der Waals surface area contributed by atoms with Crippen LogP contribution in [-0.4, -0.2) is 17.6 Å². The summed E-state index contributed by atoms with van der Waals surface area (Å²) in [4.78, 5) is 24.1. The highest BCUT2D eigenvalue weighted by molar-refractivity contribution is 9.10. The fourth-order valence-electron chi connectivity index (χ4n) is 2.62. The fraction of sp³-hybridized carbons (Fsp3) is 0.143. The molecule has 5 nitrogen and oxygen atoms in total. The van der Waals surface area contributed by atoms with Crippen LogP contribution in [0.5, 0.6) is 5.75 Å². The molecule has 0 aliphatic heterocycles. The number of hydrogen-bond acceptors (Lipinski definition) is 4. The molecule has 8 heteroatoms. The lowest BCUT2D eigenvalue weighted by Gasteiger charge is -2.12. The van der Waals surface area contributed by atoms with Crippen molar-refractivity contribution in [2.24, 2.45) is 0 Å². The maximum Gasteiger partial charge on any atom is 0.337 e. The highest BCUT2D eigenvalue weighted by Gasteiger charge is 2.12. The monoisotopic (exact) mass is 463 g/mol. The Morgan fingerprint density at radius 1 is 1.10 bits per heavy atom. The summed E-state index contributed by atoms with van der Waals surface area (Å²) >= 11 is 3.21. The van der Waals surface area contributed by atoms with Crippen LogP contribution >= 0.6 is 15.9 Å². The van der Waals surface area contributed by atoms with Crippen LogP contribution < -0.4 is 10.3 Å². The molecule has 0 atom stereocenters. The summed E-state index contributed by atoms with van der Waals surface area (Å²) in [5, 5.41) is 0. The molecular weight excluding hydrogens is 448 g/mol. The van der Waals surface area contributed by atoms with Crippen molar-refractivity contribution in [1.29, 1.82) is 0 Å². The summed E-state index contributed by atoms with van der Waals surface area (Å²) in [6.45, 7) is 0.134. The van der Waals surface area contributed by atoms with Gasteiger partial charge < -0.3 is 14.0 Å². The smallest absolute Gasteiger partial charge is 0.337 e. The van der Waals surface area contributed by atoms with Gasteiger partial charge in [-0.2, -0.15) is 0 Å². The fourth-order valence-corrected chi connectivity index (χ4v) is 3.10. The number of pyridine rings is 1. The summed E-state index contributed by atoms with van der Waals surface area (Å²) in [6, 6.07) is 11.5. The van der Waals surface area contributed by atoms with Gasteiger partial charge in [0.2, 0.25) is 0 Å². The van der Waals surface area contributed by atoms with Crippen LogP contribution in [0.15, 0.2) is 64.0 Å². The number of rotatable bonds is 6. The first-order valence-corrected chi connectivity index (χ1v) is 9.31. The van der Waals surface area contributed by atoms with Crippen molar-refractivity contribution in [1.82, 2.24) is 4.57 Å². The van der Waals surface area contributed by atoms with Crippen LogP contribution in [0.2, 0.25) is 0 Å². The van der Waals surface area contributed by atoms with E-state index < -0.39 is 17.6 Å². The molecule has 1 heterocycles. The highest BCUT2D eigenvalue weighted by Crippen LogP contribution is 2.22. The minimum Gasteiger partial charge on any atom is -0.487 e. The molecule has 1 aromatic heterocycles. The molecule has 0 unspecified atom stereocenters. The summed E-state index contributed by atoms with van der Waals surface area (Å²) in [6.07, 6.45) is 1.55. The number of ether oxygens (including phenoxy) is 2. The second-order valence-electron chi connectivity index (χ2n) is 6.14. The second-order valence-corrected chi connectivity index (χ2v) is 6.93. The van der Waals surface area contributed by atoms with E-state index in [2.05, 4.69) is 20.7 Å². The van der Waals surface area contributed by atoms with Gasteiger partial charge in [0.25, 0.3) is 5.56 Å². The van der Waals surface area contributed by atoms with E-state index >= 15 is 0 Å². The van der Waals surface area contributed by atoms with Crippen LogP contribution in [0.1, 0.15) is 21.5 Å². The number of halogens is 3. The van der Waals surface area contributed by atoms with E-state index in [-0.39, 0.29) is 34.5 Å².